The minimum Gasteiger partial charge on any atom is -0.496 e. The van der Waals surface area contributed by atoms with Gasteiger partial charge in [0.15, 0.2) is 5.13 Å². The number of unbranched alkanes of at least 4 members (excludes halogenated alkanes) is 1. The van der Waals surface area contributed by atoms with Crippen molar-refractivity contribution in [3.05, 3.63) is 29.1 Å². The van der Waals surface area contributed by atoms with E-state index in [1.165, 1.54) is 11.3 Å². The minimum absolute atomic E-state index is 0.178. The summed E-state index contributed by atoms with van der Waals surface area (Å²) in [6.45, 7) is 6.45. The molecular formula is C18H24N2O3S. The van der Waals surface area contributed by atoms with E-state index in [1.807, 2.05) is 30.5 Å². The van der Waals surface area contributed by atoms with Gasteiger partial charge in [0, 0.05) is 17.6 Å². The predicted molar refractivity (Wildman–Crippen MR) is 97.8 cm³/mol. The van der Waals surface area contributed by atoms with E-state index in [2.05, 4.69) is 17.2 Å². The molecule has 1 N–H and O–H groups in total. The average molecular weight is 348 g/mol. The van der Waals surface area contributed by atoms with E-state index in [9.17, 15) is 4.79 Å². The summed E-state index contributed by atoms with van der Waals surface area (Å²) in [6, 6.07) is 5.94. The number of amides is 1. The summed E-state index contributed by atoms with van der Waals surface area (Å²) in [4.78, 5) is 16.6. The maximum Gasteiger partial charge on any atom is 0.254 e. The van der Waals surface area contributed by atoms with Crippen molar-refractivity contribution >= 4 is 22.4 Å². The molecule has 0 fully saturated rings. The van der Waals surface area contributed by atoms with Crippen molar-refractivity contribution in [1.82, 2.24) is 4.98 Å². The third-order valence-electron chi connectivity index (χ3n) is 3.60. The number of hydrogen-bond donors (Lipinski definition) is 1. The summed E-state index contributed by atoms with van der Waals surface area (Å²) in [5.74, 6) is 0.586. The highest BCUT2D eigenvalue weighted by Crippen LogP contribution is 2.33. The van der Waals surface area contributed by atoms with Crippen LogP contribution in [0.5, 0.6) is 5.75 Å². The van der Waals surface area contributed by atoms with Crippen molar-refractivity contribution in [1.29, 1.82) is 0 Å². The molecule has 2 rings (SSSR count). The van der Waals surface area contributed by atoms with Crippen LogP contribution >= 0.6 is 11.3 Å². The van der Waals surface area contributed by atoms with Gasteiger partial charge in [-0.2, -0.15) is 0 Å². The molecular weight excluding hydrogens is 324 g/mol. The zero-order valence-corrected chi connectivity index (χ0v) is 15.4. The van der Waals surface area contributed by atoms with Gasteiger partial charge in [0.2, 0.25) is 0 Å². The molecule has 0 aliphatic heterocycles. The second-order valence-electron chi connectivity index (χ2n) is 5.60. The SMILES string of the molecule is CCCCOC(C)C(=O)Nc1nc(-c2cc(C)ccc2OC)cs1. The molecule has 1 aromatic carbocycles. The molecule has 0 saturated heterocycles. The Bertz CT molecular complexity index is 685. The van der Waals surface area contributed by atoms with Crippen LogP contribution in [0, 0.1) is 6.92 Å². The van der Waals surface area contributed by atoms with Crippen LogP contribution in [-0.4, -0.2) is 30.7 Å². The number of carbonyl (C=O) groups excluding carboxylic acids is 1. The fourth-order valence-corrected chi connectivity index (χ4v) is 2.88. The molecule has 6 heteroatoms. The largest absolute Gasteiger partial charge is 0.496 e. The number of carbonyl (C=O) groups is 1. The predicted octanol–water partition coefficient (Wildman–Crippen LogP) is 4.27. The first-order chi connectivity index (χ1) is 11.5. The van der Waals surface area contributed by atoms with Gasteiger partial charge in [-0.25, -0.2) is 4.98 Å². The van der Waals surface area contributed by atoms with Gasteiger partial charge in [-0.15, -0.1) is 11.3 Å². The molecule has 1 unspecified atom stereocenters. The highest BCUT2D eigenvalue weighted by Gasteiger charge is 2.16. The Hall–Kier alpha value is -1.92. The minimum atomic E-state index is -0.489. The van der Waals surface area contributed by atoms with Crippen LogP contribution < -0.4 is 10.1 Å². The number of nitrogens with zero attached hydrogens (tertiary/aromatic N) is 1. The van der Waals surface area contributed by atoms with E-state index in [1.54, 1.807) is 14.0 Å². The topological polar surface area (TPSA) is 60.5 Å². The summed E-state index contributed by atoms with van der Waals surface area (Å²) >= 11 is 1.39. The van der Waals surface area contributed by atoms with Gasteiger partial charge in [-0.05, 0) is 32.4 Å². The van der Waals surface area contributed by atoms with Gasteiger partial charge in [-0.1, -0.05) is 25.0 Å². The normalized spacial score (nSPS) is 12.0. The highest BCUT2D eigenvalue weighted by atomic mass is 32.1. The number of hydrogen-bond acceptors (Lipinski definition) is 5. The molecule has 0 radical (unpaired) electrons. The molecule has 0 aliphatic carbocycles. The number of aromatic nitrogens is 1. The van der Waals surface area contributed by atoms with E-state index < -0.39 is 6.10 Å². The molecule has 0 aliphatic rings. The first kappa shape index (κ1) is 18.4. The second kappa shape index (κ2) is 8.80. The van der Waals surface area contributed by atoms with E-state index in [-0.39, 0.29) is 5.91 Å². The fraction of sp³-hybridized carbons (Fsp3) is 0.444. The van der Waals surface area contributed by atoms with Crippen LogP contribution in [0.4, 0.5) is 5.13 Å². The molecule has 1 aromatic heterocycles. The lowest BCUT2D eigenvalue weighted by Gasteiger charge is -2.11. The molecule has 24 heavy (non-hydrogen) atoms. The Labute approximate surface area is 147 Å². The first-order valence-electron chi connectivity index (χ1n) is 8.08. The van der Waals surface area contributed by atoms with Crippen molar-refractivity contribution in [3.8, 4) is 17.0 Å². The number of methoxy groups -OCH3 is 1. The third-order valence-corrected chi connectivity index (χ3v) is 4.36. The quantitative estimate of drug-likeness (QED) is 0.724. The number of rotatable bonds is 8. The summed E-state index contributed by atoms with van der Waals surface area (Å²) in [5.41, 5.74) is 2.83. The maximum atomic E-state index is 12.1. The molecule has 130 valence electrons. The molecule has 0 bridgehead atoms. The van der Waals surface area contributed by atoms with Crippen molar-refractivity contribution < 1.29 is 14.3 Å². The van der Waals surface area contributed by atoms with Crippen molar-refractivity contribution in [3.63, 3.8) is 0 Å². The van der Waals surface area contributed by atoms with Crippen molar-refractivity contribution in [2.45, 2.75) is 39.7 Å². The lowest BCUT2D eigenvalue weighted by atomic mass is 10.1. The van der Waals surface area contributed by atoms with Crippen LogP contribution in [0.2, 0.25) is 0 Å². The van der Waals surface area contributed by atoms with E-state index in [0.29, 0.717) is 11.7 Å². The fourth-order valence-electron chi connectivity index (χ4n) is 2.16. The Morgan fingerprint density at radius 3 is 2.92 bits per heavy atom. The number of anilines is 1. The number of thiazole rings is 1. The van der Waals surface area contributed by atoms with Gasteiger partial charge in [0.05, 0.1) is 12.8 Å². The molecule has 2 aromatic rings. The Balaban J connectivity index is 2.06. The molecule has 0 spiro atoms. The van der Waals surface area contributed by atoms with Gasteiger partial charge in [0.25, 0.3) is 5.91 Å². The average Bonchev–Trinajstić information content (AvgIpc) is 3.03. The summed E-state index contributed by atoms with van der Waals surface area (Å²) in [6.07, 6.45) is 1.51. The smallest absolute Gasteiger partial charge is 0.254 e. The Morgan fingerprint density at radius 2 is 2.21 bits per heavy atom. The van der Waals surface area contributed by atoms with E-state index >= 15 is 0 Å². The standard InChI is InChI=1S/C18H24N2O3S/c1-5-6-9-23-13(3)17(21)20-18-19-15(11-24-18)14-10-12(2)7-8-16(14)22-4/h7-8,10-11,13H,5-6,9H2,1-4H3,(H,19,20,21). The first-order valence-corrected chi connectivity index (χ1v) is 8.96. The van der Waals surface area contributed by atoms with Crippen LogP contribution in [-0.2, 0) is 9.53 Å². The summed E-state index contributed by atoms with van der Waals surface area (Å²) < 4.78 is 10.9. The molecule has 1 amide bonds. The van der Waals surface area contributed by atoms with Crippen LogP contribution in [0.3, 0.4) is 0 Å². The zero-order valence-electron chi connectivity index (χ0n) is 14.6. The molecule has 5 nitrogen and oxygen atoms in total. The Kier molecular flexibility index (Phi) is 6.75. The van der Waals surface area contributed by atoms with Crippen molar-refractivity contribution in [2.24, 2.45) is 0 Å². The van der Waals surface area contributed by atoms with Crippen LogP contribution in [0.25, 0.3) is 11.3 Å². The van der Waals surface area contributed by atoms with Gasteiger partial charge in [-0.3, -0.25) is 10.1 Å². The van der Waals surface area contributed by atoms with E-state index in [0.717, 1.165) is 35.4 Å². The van der Waals surface area contributed by atoms with Gasteiger partial charge < -0.3 is 9.47 Å². The van der Waals surface area contributed by atoms with E-state index in [4.69, 9.17) is 9.47 Å². The molecule has 1 heterocycles. The van der Waals surface area contributed by atoms with Crippen LogP contribution in [0.15, 0.2) is 23.6 Å². The number of ether oxygens (including phenoxy) is 2. The highest BCUT2D eigenvalue weighted by molar-refractivity contribution is 7.14. The number of nitrogens with one attached hydrogen (secondary N) is 1. The lowest BCUT2D eigenvalue weighted by Crippen LogP contribution is -2.28. The lowest BCUT2D eigenvalue weighted by molar-refractivity contribution is -0.126. The number of aryl methyl sites for hydroxylation is 1. The molecule has 0 saturated carbocycles. The van der Waals surface area contributed by atoms with Crippen LogP contribution in [0.1, 0.15) is 32.3 Å². The Morgan fingerprint density at radius 1 is 1.42 bits per heavy atom. The summed E-state index contributed by atoms with van der Waals surface area (Å²) in [7, 11) is 1.64. The maximum absolute atomic E-state index is 12.1. The number of benzene rings is 1. The summed E-state index contributed by atoms with van der Waals surface area (Å²) in [5, 5.41) is 5.29. The monoisotopic (exact) mass is 348 g/mol. The second-order valence-corrected chi connectivity index (χ2v) is 6.46. The van der Waals surface area contributed by atoms with Gasteiger partial charge in [0.1, 0.15) is 11.9 Å². The zero-order chi connectivity index (χ0) is 17.5. The van der Waals surface area contributed by atoms with Gasteiger partial charge >= 0.3 is 0 Å². The van der Waals surface area contributed by atoms with Crippen molar-refractivity contribution in [2.75, 3.05) is 19.0 Å². The molecule has 1 atom stereocenters. The third kappa shape index (κ3) is 4.79.